The molecule has 2 fully saturated rings. The van der Waals surface area contributed by atoms with E-state index in [2.05, 4.69) is 41.0 Å². The van der Waals surface area contributed by atoms with Crippen molar-refractivity contribution in [3.05, 3.63) is 35.4 Å². The molecule has 126 valence electrons. The van der Waals surface area contributed by atoms with Crippen LogP contribution in [0, 0.1) is 6.92 Å². The SMILES string of the molecule is Cc1cccc(CC(=O)N2CCCSCC2CN2CCCC2)c1. The zero-order valence-corrected chi connectivity index (χ0v) is 15.0. The van der Waals surface area contributed by atoms with Gasteiger partial charge in [-0.2, -0.15) is 11.8 Å². The maximum atomic E-state index is 12.9. The third-order valence-corrected chi connectivity index (χ3v) is 6.06. The molecule has 1 unspecified atom stereocenters. The second kappa shape index (κ2) is 8.20. The van der Waals surface area contributed by atoms with Gasteiger partial charge in [0.2, 0.25) is 5.91 Å². The van der Waals surface area contributed by atoms with Gasteiger partial charge in [-0.1, -0.05) is 29.8 Å². The van der Waals surface area contributed by atoms with Gasteiger partial charge in [0.15, 0.2) is 0 Å². The number of amides is 1. The van der Waals surface area contributed by atoms with E-state index in [1.807, 2.05) is 11.8 Å². The van der Waals surface area contributed by atoms with E-state index in [1.165, 1.54) is 37.2 Å². The topological polar surface area (TPSA) is 23.6 Å². The van der Waals surface area contributed by atoms with Crippen molar-refractivity contribution >= 4 is 17.7 Å². The number of nitrogens with zero attached hydrogens (tertiary/aromatic N) is 2. The normalized spacial score (nSPS) is 23.0. The predicted octanol–water partition coefficient (Wildman–Crippen LogP) is 2.97. The molecule has 2 heterocycles. The molecule has 0 N–H and O–H groups in total. The highest BCUT2D eigenvalue weighted by Crippen LogP contribution is 2.20. The van der Waals surface area contributed by atoms with Crippen molar-refractivity contribution in [1.82, 2.24) is 9.80 Å². The number of hydrogen-bond acceptors (Lipinski definition) is 3. The fraction of sp³-hybridized carbons (Fsp3) is 0.632. The van der Waals surface area contributed by atoms with Crippen molar-refractivity contribution in [3.8, 4) is 0 Å². The molecular weight excluding hydrogens is 304 g/mol. The van der Waals surface area contributed by atoms with Crippen LogP contribution >= 0.6 is 11.8 Å². The van der Waals surface area contributed by atoms with Crippen molar-refractivity contribution in [3.63, 3.8) is 0 Å². The van der Waals surface area contributed by atoms with E-state index in [1.54, 1.807) is 0 Å². The number of benzene rings is 1. The summed E-state index contributed by atoms with van der Waals surface area (Å²) in [5.41, 5.74) is 2.38. The van der Waals surface area contributed by atoms with Crippen molar-refractivity contribution in [1.29, 1.82) is 0 Å². The lowest BCUT2D eigenvalue weighted by Crippen LogP contribution is -2.48. The molecule has 23 heavy (non-hydrogen) atoms. The van der Waals surface area contributed by atoms with Gasteiger partial charge in [-0.15, -0.1) is 0 Å². The first kappa shape index (κ1) is 16.8. The van der Waals surface area contributed by atoms with E-state index in [9.17, 15) is 4.79 Å². The van der Waals surface area contributed by atoms with E-state index in [4.69, 9.17) is 0 Å². The van der Waals surface area contributed by atoms with E-state index in [-0.39, 0.29) is 0 Å². The number of thioether (sulfide) groups is 1. The highest BCUT2D eigenvalue weighted by atomic mass is 32.2. The Morgan fingerprint density at radius 1 is 1.22 bits per heavy atom. The van der Waals surface area contributed by atoms with Gasteiger partial charge in [0.25, 0.3) is 0 Å². The van der Waals surface area contributed by atoms with Gasteiger partial charge in [-0.3, -0.25) is 4.79 Å². The van der Waals surface area contributed by atoms with Crippen LogP contribution in [-0.4, -0.2) is 59.4 Å². The van der Waals surface area contributed by atoms with Crippen LogP contribution in [0.3, 0.4) is 0 Å². The summed E-state index contributed by atoms with van der Waals surface area (Å²) in [6.45, 7) is 6.50. The molecule has 2 aliphatic rings. The molecule has 0 aromatic heterocycles. The standard InChI is InChI=1S/C19H28N2OS/c1-16-6-4-7-17(12-16)13-19(22)21-10-5-11-23-15-18(21)14-20-8-2-3-9-20/h4,6-7,12,18H,2-3,5,8-11,13-15H2,1H3. The summed E-state index contributed by atoms with van der Waals surface area (Å²) in [5.74, 6) is 2.59. The first-order valence-electron chi connectivity index (χ1n) is 8.87. The van der Waals surface area contributed by atoms with Gasteiger partial charge in [-0.05, 0) is 50.6 Å². The zero-order chi connectivity index (χ0) is 16.1. The van der Waals surface area contributed by atoms with Crippen LogP contribution in [0.1, 0.15) is 30.4 Å². The highest BCUT2D eigenvalue weighted by Gasteiger charge is 2.28. The number of hydrogen-bond donors (Lipinski definition) is 0. The average molecular weight is 333 g/mol. The van der Waals surface area contributed by atoms with E-state index < -0.39 is 0 Å². The van der Waals surface area contributed by atoms with Crippen LogP contribution in [0.25, 0.3) is 0 Å². The monoisotopic (exact) mass is 332 g/mol. The van der Waals surface area contributed by atoms with Crippen molar-refractivity contribution in [2.24, 2.45) is 0 Å². The Morgan fingerprint density at radius 3 is 2.83 bits per heavy atom. The lowest BCUT2D eigenvalue weighted by molar-refractivity contribution is -0.132. The molecule has 0 bridgehead atoms. The minimum atomic E-state index is 0.308. The van der Waals surface area contributed by atoms with Crippen LogP contribution in [0.5, 0.6) is 0 Å². The fourth-order valence-corrected chi connectivity index (χ4v) is 4.73. The molecule has 4 heteroatoms. The fourth-order valence-electron chi connectivity index (χ4n) is 3.67. The molecule has 0 saturated carbocycles. The molecule has 2 saturated heterocycles. The first-order chi connectivity index (χ1) is 11.2. The van der Waals surface area contributed by atoms with Gasteiger partial charge >= 0.3 is 0 Å². The number of likely N-dealkylation sites (tertiary alicyclic amines) is 1. The smallest absolute Gasteiger partial charge is 0.227 e. The van der Waals surface area contributed by atoms with E-state index in [0.717, 1.165) is 30.8 Å². The number of aryl methyl sites for hydroxylation is 1. The Kier molecular flexibility index (Phi) is 6.01. The molecular formula is C19H28N2OS. The van der Waals surface area contributed by atoms with E-state index in [0.29, 0.717) is 18.4 Å². The summed E-state index contributed by atoms with van der Waals surface area (Å²) in [6, 6.07) is 8.75. The third-order valence-electron chi connectivity index (χ3n) is 4.86. The van der Waals surface area contributed by atoms with Crippen LogP contribution < -0.4 is 0 Å². The molecule has 1 aromatic rings. The Bertz CT molecular complexity index is 528. The first-order valence-corrected chi connectivity index (χ1v) is 10.0. The van der Waals surface area contributed by atoms with Crippen molar-refractivity contribution in [2.45, 2.75) is 38.6 Å². The molecule has 2 aliphatic heterocycles. The Balaban J connectivity index is 1.66. The largest absolute Gasteiger partial charge is 0.337 e. The van der Waals surface area contributed by atoms with Crippen LogP contribution in [0.15, 0.2) is 24.3 Å². The number of carbonyl (C=O) groups is 1. The molecule has 3 rings (SSSR count). The van der Waals surface area contributed by atoms with Gasteiger partial charge in [-0.25, -0.2) is 0 Å². The van der Waals surface area contributed by atoms with E-state index >= 15 is 0 Å². The van der Waals surface area contributed by atoms with Crippen LogP contribution in [-0.2, 0) is 11.2 Å². The van der Waals surface area contributed by atoms with Crippen LogP contribution in [0.4, 0.5) is 0 Å². The van der Waals surface area contributed by atoms with Crippen molar-refractivity contribution in [2.75, 3.05) is 37.7 Å². The summed E-state index contributed by atoms with van der Waals surface area (Å²) in [6.07, 6.45) is 4.30. The molecule has 1 aromatic carbocycles. The second-order valence-electron chi connectivity index (χ2n) is 6.84. The van der Waals surface area contributed by atoms with Crippen LogP contribution in [0.2, 0.25) is 0 Å². The molecule has 1 atom stereocenters. The predicted molar refractivity (Wildman–Crippen MR) is 98.0 cm³/mol. The lowest BCUT2D eigenvalue weighted by Gasteiger charge is -2.33. The van der Waals surface area contributed by atoms with Gasteiger partial charge in [0.1, 0.15) is 0 Å². The summed E-state index contributed by atoms with van der Waals surface area (Å²) >= 11 is 2.02. The highest BCUT2D eigenvalue weighted by molar-refractivity contribution is 7.99. The molecule has 0 radical (unpaired) electrons. The Labute approximate surface area is 144 Å². The Morgan fingerprint density at radius 2 is 2.04 bits per heavy atom. The Hall–Kier alpha value is -1.00. The number of carbonyl (C=O) groups excluding carboxylic acids is 1. The average Bonchev–Trinajstić information content (AvgIpc) is 2.92. The van der Waals surface area contributed by atoms with Crippen molar-refractivity contribution < 1.29 is 4.79 Å². The maximum Gasteiger partial charge on any atom is 0.227 e. The molecule has 0 aliphatic carbocycles. The lowest BCUT2D eigenvalue weighted by atomic mass is 10.1. The minimum Gasteiger partial charge on any atom is -0.337 e. The molecule has 0 spiro atoms. The molecule has 3 nitrogen and oxygen atoms in total. The maximum absolute atomic E-state index is 12.9. The number of rotatable bonds is 4. The second-order valence-corrected chi connectivity index (χ2v) is 7.99. The molecule has 1 amide bonds. The van der Waals surface area contributed by atoms with Gasteiger partial charge in [0.05, 0.1) is 12.5 Å². The van der Waals surface area contributed by atoms with Gasteiger partial charge in [0, 0.05) is 18.8 Å². The summed E-state index contributed by atoms with van der Waals surface area (Å²) in [5, 5.41) is 0. The minimum absolute atomic E-state index is 0.308. The van der Waals surface area contributed by atoms with Gasteiger partial charge < -0.3 is 9.80 Å². The third kappa shape index (κ3) is 4.74. The summed E-state index contributed by atoms with van der Waals surface area (Å²) in [7, 11) is 0. The quantitative estimate of drug-likeness (QED) is 0.847. The summed E-state index contributed by atoms with van der Waals surface area (Å²) < 4.78 is 0. The zero-order valence-electron chi connectivity index (χ0n) is 14.2. The summed E-state index contributed by atoms with van der Waals surface area (Å²) in [4.78, 5) is 17.6.